The smallest absolute Gasteiger partial charge is 0.164 e. The molecule has 3 nitrogen and oxygen atoms in total. The van der Waals surface area contributed by atoms with Gasteiger partial charge in [-0.15, -0.1) is 11.3 Å². The first kappa shape index (κ1) is 26.9. The van der Waals surface area contributed by atoms with Crippen LogP contribution in [0.3, 0.4) is 0 Å². The summed E-state index contributed by atoms with van der Waals surface area (Å²) >= 11 is 8.52. The maximum absolute atomic E-state index is 6.71. The van der Waals surface area contributed by atoms with Crippen molar-refractivity contribution < 1.29 is 0 Å². The van der Waals surface area contributed by atoms with Gasteiger partial charge in [0, 0.05) is 41.9 Å². The average Bonchev–Trinajstić information content (AvgIpc) is 3.50. The number of rotatable bonds is 4. The van der Waals surface area contributed by atoms with E-state index >= 15 is 0 Å². The summed E-state index contributed by atoms with van der Waals surface area (Å²) in [5, 5.41) is 7.72. The molecule has 9 rings (SSSR count). The molecule has 0 unspecified atom stereocenters. The minimum Gasteiger partial charge on any atom is -0.208 e. The van der Waals surface area contributed by atoms with Crippen LogP contribution >= 0.6 is 22.9 Å². The lowest BCUT2D eigenvalue weighted by Crippen LogP contribution is -2.01. The van der Waals surface area contributed by atoms with E-state index < -0.39 is 0 Å². The zero-order chi connectivity index (χ0) is 30.6. The Morgan fingerprint density at radius 3 is 1.70 bits per heavy atom. The summed E-state index contributed by atoms with van der Waals surface area (Å²) in [7, 11) is 0. The molecule has 0 N–H and O–H groups in total. The van der Waals surface area contributed by atoms with Crippen LogP contribution in [0.5, 0.6) is 0 Å². The van der Waals surface area contributed by atoms with Crippen molar-refractivity contribution in [2.45, 2.75) is 0 Å². The van der Waals surface area contributed by atoms with Gasteiger partial charge in [-0.2, -0.15) is 0 Å². The van der Waals surface area contributed by atoms with Gasteiger partial charge in [-0.05, 0) is 75.1 Å². The Bertz CT molecular complexity index is 2530. The van der Waals surface area contributed by atoms with Crippen molar-refractivity contribution in [2.75, 3.05) is 0 Å². The van der Waals surface area contributed by atoms with Gasteiger partial charge in [0.1, 0.15) is 0 Å². The van der Waals surface area contributed by atoms with Crippen LogP contribution in [0, 0.1) is 0 Å². The molecule has 216 valence electrons. The molecule has 0 radical (unpaired) electrons. The third-order valence-electron chi connectivity index (χ3n) is 8.57. The molecule has 0 atom stereocenters. The summed E-state index contributed by atoms with van der Waals surface area (Å²) in [5.41, 5.74) is 4.87. The van der Waals surface area contributed by atoms with E-state index in [1.807, 2.05) is 18.2 Å². The van der Waals surface area contributed by atoms with Crippen LogP contribution < -0.4 is 0 Å². The van der Waals surface area contributed by atoms with Crippen molar-refractivity contribution in [1.82, 2.24) is 15.0 Å². The fourth-order valence-electron chi connectivity index (χ4n) is 6.34. The van der Waals surface area contributed by atoms with E-state index in [9.17, 15) is 0 Å². The first-order chi connectivity index (χ1) is 22.7. The topological polar surface area (TPSA) is 38.7 Å². The zero-order valence-corrected chi connectivity index (χ0v) is 26.1. The second-order valence-electron chi connectivity index (χ2n) is 11.4. The number of halogens is 1. The van der Waals surface area contributed by atoms with Crippen LogP contribution in [0.4, 0.5) is 0 Å². The van der Waals surface area contributed by atoms with E-state index in [4.69, 9.17) is 26.6 Å². The third kappa shape index (κ3) is 4.62. The second-order valence-corrected chi connectivity index (χ2v) is 12.9. The van der Waals surface area contributed by atoms with Crippen LogP contribution in [0.2, 0.25) is 5.02 Å². The number of aromatic nitrogens is 3. The van der Waals surface area contributed by atoms with E-state index in [2.05, 4.69) is 127 Å². The Morgan fingerprint density at radius 2 is 1.00 bits per heavy atom. The highest BCUT2D eigenvalue weighted by atomic mass is 35.5. The number of fused-ring (bicyclic) bond motifs is 5. The summed E-state index contributed by atoms with van der Waals surface area (Å²) in [4.78, 5) is 15.4. The second kappa shape index (κ2) is 10.9. The van der Waals surface area contributed by atoms with E-state index in [1.54, 1.807) is 11.3 Å². The van der Waals surface area contributed by atoms with Gasteiger partial charge in [-0.3, -0.25) is 0 Å². The number of hydrogen-bond acceptors (Lipinski definition) is 4. The molecule has 2 aromatic heterocycles. The van der Waals surface area contributed by atoms with Crippen LogP contribution in [0.1, 0.15) is 0 Å². The Labute approximate surface area is 274 Å². The molecule has 0 saturated heterocycles. The first-order valence-electron chi connectivity index (χ1n) is 15.1. The van der Waals surface area contributed by atoms with Crippen molar-refractivity contribution >= 4 is 64.7 Å². The number of hydrogen-bond donors (Lipinski definition) is 0. The molecule has 0 bridgehead atoms. The Hall–Kier alpha value is -5.42. The van der Waals surface area contributed by atoms with Crippen LogP contribution in [0.15, 0.2) is 146 Å². The standard InChI is InChI=1S/C41H24ClN3S/c42-31-20-21-33(35(24-31)32-13-7-15-37-38(32)34-12-5-6-14-36(34)46-37)41-44-39(29-18-16-25-8-1-3-10-27(25)22-29)43-40(45-41)30-19-17-26-9-2-4-11-28(26)23-30/h1-24H. The Kier molecular flexibility index (Phi) is 6.37. The minimum absolute atomic E-state index is 0.601. The molecule has 0 spiro atoms. The molecule has 7 aromatic carbocycles. The van der Waals surface area contributed by atoms with Crippen molar-refractivity contribution in [2.24, 2.45) is 0 Å². The highest BCUT2D eigenvalue weighted by Crippen LogP contribution is 2.43. The van der Waals surface area contributed by atoms with Gasteiger partial charge in [0.25, 0.3) is 0 Å². The maximum atomic E-state index is 6.71. The van der Waals surface area contributed by atoms with Gasteiger partial charge in [0.05, 0.1) is 0 Å². The van der Waals surface area contributed by atoms with Crippen molar-refractivity contribution in [1.29, 1.82) is 0 Å². The molecular weight excluding hydrogens is 602 g/mol. The molecule has 0 aliphatic heterocycles. The lowest BCUT2D eigenvalue weighted by Gasteiger charge is -2.14. The van der Waals surface area contributed by atoms with Crippen LogP contribution in [-0.2, 0) is 0 Å². The van der Waals surface area contributed by atoms with Crippen molar-refractivity contribution in [3.8, 4) is 45.3 Å². The quantitative estimate of drug-likeness (QED) is 0.195. The van der Waals surface area contributed by atoms with Gasteiger partial charge in [-0.1, -0.05) is 115 Å². The molecule has 9 aromatic rings. The lowest BCUT2D eigenvalue weighted by molar-refractivity contribution is 1.08. The minimum atomic E-state index is 0.601. The fraction of sp³-hybridized carbons (Fsp3) is 0. The summed E-state index contributed by atoms with van der Waals surface area (Å²) in [5.74, 6) is 1.85. The summed E-state index contributed by atoms with van der Waals surface area (Å²) in [6.07, 6.45) is 0. The van der Waals surface area contributed by atoms with Crippen molar-refractivity contribution in [3.63, 3.8) is 0 Å². The number of benzene rings is 7. The van der Waals surface area contributed by atoms with E-state index in [0.29, 0.717) is 22.5 Å². The fourth-order valence-corrected chi connectivity index (χ4v) is 7.65. The monoisotopic (exact) mass is 625 g/mol. The van der Waals surface area contributed by atoms with Crippen LogP contribution in [-0.4, -0.2) is 15.0 Å². The van der Waals surface area contributed by atoms with Gasteiger partial charge >= 0.3 is 0 Å². The summed E-state index contributed by atoms with van der Waals surface area (Å²) in [6, 6.07) is 50.5. The SMILES string of the molecule is Clc1ccc(-c2nc(-c3ccc4ccccc4c3)nc(-c3ccc4ccccc4c3)n2)c(-c2cccc3sc4ccccc4c23)c1. The Morgan fingerprint density at radius 1 is 0.413 bits per heavy atom. The molecule has 0 fully saturated rings. The molecule has 0 aliphatic rings. The lowest BCUT2D eigenvalue weighted by atomic mass is 9.95. The van der Waals surface area contributed by atoms with Gasteiger partial charge in [0.2, 0.25) is 0 Å². The number of thiophene rings is 1. The van der Waals surface area contributed by atoms with Gasteiger partial charge in [0.15, 0.2) is 17.5 Å². The molecule has 0 saturated carbocycles. The van der Waals surface area contributed by atoms with Crippen LogP contribution in [0.25, 0.3) is 87.0 Å². The predicted octanol–water partition coefficient (Wildman–Crippen LogP) is 11.9. The molecule has 0 amide bonds. The predicted molar refractivity (Wildman–Crippen MR) is 194 cm³/mol. The average molecular weight is 626 g/mol. The van der Waals surface area contributed by atoms with Crippen molar-refractivity contribution in [3.05, 3.63) is 151 Å². The largest absolute Gasteiger partial charge is 0.208 e. The first-order valence-corrected chi connectivity index (χ1v) is 16.3. The molecule has 2 heterocycles. The number of nitrogens with zero attached hydrogens (tertiary/aromatic N) is 3. The van der Waals surface area contributed by atoms with E-state index in [-0.39, 0.29) is 0 Å². The maximum Gasteiger partial charge on any atom is 0.164 e. The van der Waals surface area contributed by atoms with Gasteiger partial charge in [-0.25, -0.2) is 15.0 Å². The zero-order valence-electron chi connectivity index (χ0n) is 24.5. The van der Waals surface area contributed by atoms with E-state index in [0.717, 1.165) is 38.6 Å². The highest BCUT2D eigenvalue weighted by Gasteiger charge is 2.19. The Balaban J connectivity index is 1.31. The molecule has 46 heavy (non-hydrogen) atoms. The van der Waals surface area contributed by atoms with E-state index in [1.165, 1.54) is 30.9 Å². The third-order valence-corrected chi connectivity index (χ3v) is 9.94. The normalized spacial score (nSPS) is 11.6. The molecule has 0 aliphatic carbocycles. The molecular formula is C41H24ClN3S. The summed E-state index contributed by atoms with van der Waals surface area (Å²) < 4.78 is 2.49. The highest BCUT2D eigenvalue weighted by molar-refractivity contribution is 7.25. The summed E-state index contributed by atoms with van der Waals surface area (Å²) in [6.45, 7) is 0. The van der Waals surface area contributed by atoms with Gasteiger partial charge < -0.3 is 0 Å². The molecule has 5 heteroatoms.